The number of fused-ring (bicyclic) bond motifs is 1. The first-order valence-corrected chi connectivity index (χ1v) is 9.93. The zero-order valence-electron chi connectivity index (χ0n) is 16.8. The second-order valence-electron chi connectivity index (χ2n) is 7.19. The van der Waals surface area contributed by atoms with E-state index in [-0.39, 0.29) is 23.7 Å². The Bertz CT molecular complexity index is 837. The first-order chi connectivity index (χ1) is 13.6. The van der Waals surface area contributed by atoms with E-state index in [0.29, 0.717) is 0 Å². The Morgan fingerprint density at radius 1 is 1.24 bits per heavy atom. The summed E-state index contributed by atoms with van der Waals surface area (Å²) >= 11 is 1.28. The molecule has 0 spiro atoms. The van der Waals surface area contributed by atoms with Crippen molar-refractivity contribution in [1.82, 2.24) is 10.2 Å². The van der Waals surface area contributed by atoms with Crippen LogP contribution in [-0.2, 0) is 14.3 Å². The largest absolute Gasteiger partial charge is 0.496 e. The molecule has 2 saturated heterocycles. The standard InChI is InChI=1S/C19H24N2O7S/c1-6-28-19(16(25)21-13(15(23)24)18(2,3)29-17(19)21)20-14(22)12-10(26-4)8-7-9-11(12)27-5/h7-9,13,17H,6H2,1-5H3,(H,20,22)(H,23,24)/t13-,17+,19+/m0/s1. The summed E-state index contributed by atoms with van der Waals surface area (Å²) in [5.41, 5.74) is -1.54. The molecule has 2 aliphatic heterocycles. The zero-order chi connectivity index (χ0) is 21.6. The molecule has 10 heteroatoms. The van der Waals surface area contributed by atoms with Gasteiger partial charge in [0, 0.05) is 11.4 Å². The minimum Gasteiger partial charge on any atom is -0.496 e. The van der Waals surface area contributed by atoms with Gasteiger partial charge in [-0.2, -0.15) is 0 Å². The summed E-state index contributed by atoms with van der Waals surface area (Å²) in [6.07, 6.45) is 0. The van der Waals surface area contributed by atoms with E-state index in [4.69, 9.17) is 14.2 Å². The van der Waals surface area contributed by atoms with Crippen LogP contribution in [0.5, 0.6) is 11.5 Å². The van der Waals surface area contributed by atoms with Gasteiger partial charge >= 0.3 is 5.97 Å². The highest BCUT2D eigenvalue weighted by Gasteiger charge is 2.73. The van der Waals surface area contributed by atoms with Gasteiger partial charge in [-0.25, -0.2) is 4.79 Å². The zero-order valence-corrected chi connectivity index (χ0v) is 17.7. The predicted molar refractivity (Wildman–Crippen MR) is 105 cm³/mol. The average Bonchev–Trinajstić information content (AvgIpc) is 2.95. The van der Waals surface area contributed by atoms with Crippen LogP contribution in [0.4, 0.5) is 0 Å². The first-order valence-electron chi connectivity index (χ1n) is 9.05. The molecule has 2 N–H and O–H groups in total. The van der Waals surface area contributed by atoms with Crippen LogP contribution in [0.15, 0.2) is 18.2 Å². The van der Waals surface area contributed by atoms with Gasteiger partial charge in [-0.15, -0.1) is 11.8 Å². The number of hydrogen-bond acceptors (Lipinski definition) is 7. The van der Waals surface area contributed by atoms with Crippen LogP contribution in [0.3, 0.4) is 0 Å². The molecular weight excluding hydrogens is 400 g/mol. The molecule has 0 radical (unpaired) electrons. The molecule has 0 bridgehead atoms. The Labute approximate surface area is 172 Å². The molecule has 2 aliphatic rings. The van der Waals surface area contributed by atoms with Crippen molar-refractivity contribution in [1.29, 1.82) is 0 Å². The highest BCUT2D eigenvalue weighted by molar-refractivity contribution is 8.01. The minimum atomic E-state index is -1.66. The topological polar surface area (TPSA) is 114 Å². The number of hydrogen-bond donors (Lipinski definition) is 2. The van der Waals surface area contributed by atoms with Crippen LogP contribution in [0.2, 0.25) is 0 Å². The van der Waals surface area contributed by atoms with Crippen molar-refractivity contribution < 1.29 is 33.7 Å². The van der Waals surface area contributed by atoms with Gasteiger partial charge in [-0.1, -0.05) is 6.07 Å². The van der Waals surface area contributed by atoms with Gasteiger partial charge in [0.05, 0.1) is 14.2 Å². The van der Waals surface area contributed by atoms with Crippen molar-refractivity contribution >= 4 is 29.5 Å². The van der Waals surface area contributed by atoms with Gasteiger partial charge in [0.25, 0.3) is 17.5 Å². The molecule has 2 heterocycles. The number of benzene rings is 1. The summed E-state index contributed by atoms with van der Waals surface area (Å²) in [4.78, 5) is 39.3. The number of carboxylic acid groups (broad SMARTS) is 1. The predicted octanol–water partition coefficient (Wildman–Crippen LogP) is 1.31. The lowest BCUT2D eigenvalue weighted by molar-refractivity contribution is -0.202. The number of nitrogens with zero attached hydrogens (tertiary/aromatic N) is 1. The van der Waals surface area contributed by atoms with Crippen LogP contribution in [0.25, 0.3) is 0 Å². The molecule has 0 unspecified atom stereocenters. The maximum absolute atomic E-state index is 13.2. The van der Waals surface area contributed by atoms with Crippen molar-refractivity contribution in [3.8, 4) is 11.5 Å². The van der Waals surface area contributed by atoms with Crippen molar-refractivity contribution in [3.05, 3.63) is 23.8 Å². The maximum Gasteiger partial charge on any atom is 0.327 e. The highest BCUT2D eigenvalue weighted by Crippen LogP contribution is 2.55. The second-order valence-corrected chi connectivity index (χ2v) is 8.92. The fourth-order valence-corrected chi connectivity index (χ4v) is 5.49. The van der Waals surface area contributed by atoms with Crippen LogP contribution in [0.1, 0.15) is 31.1 Å². The lowest BCUT2D eigenvalue weighted by atomic mass is 9.93. The molecule has 29 heavy (non-hydrogen) atoms. The molecular formula is C19H24N2O7S. The van der Waals surface area contributed by atoms with Gasteiger partial charge in [-0.05, 0) is 32.9 Å². The average molecular weight is 424 g/mol. The van der Waals surface area contributed by atoms with Crippen molar-refractivity contribution in [2.45, 2.75) is 42.7 Å². The monoisotopic (exact) mass is 424 g/mol. The molecule has 1 aromatic carbocycles. The van der Waals surface area contributed by atoms with E-state index < -0.39 is 39.7 Å². The molecule has 2 fully saturated rings. The van der Waals surface area contributed by atoms with Crippen molar-refractivity contribution in [2.75, 3.05) is 20.8 Å². The van der Waals surface area contributed by atoms with E-state index in [0.717, 1.165) is 0 Å². The minimum absolute atomic E-state index is 0.125. The summed E-state index contributed by atoms with van der Waals surface area (Å²) in [5, 5.41) is 11.6. The third-order valence-electron chi connectivity index (χ3n) is 5.06. The summed E-state index contributed by atoms with van der Waals surface area (Å²) in [5.74, 6) is -1.74. The van der Waals surface area contributed by atoms with Gasteiger partial charge in [0.15, 0.2) is 0 Å². The summed E-state index contributed by atoms with van der Waals surface area (Å²) in [6, 6.07) is 3.87. The lowest BCUT2D eigenvalue weighted by Crippen LogP contribution is -2.80. The number of nitrogens with one attached hydrogen (secondary N) is 1. The molecule has 1 aromatic rings. The van der Waals surface area contributed by atoms with Crippen LogP contribution >= 0.6 is 11.8 Å². The Morgan fingerprint density at radius 2 is 1.83 bits per heavy atom. The van der Waals surface area contributed by atoms with Gasteiger partial charge in [0.2, 0.25) is 0 Å². The number of aliphatic carboxylic acids is 1. The Kier molecular flexibility index (Phi) is 5.44. The molecule has 0 aliphatic carbocycles. The van der Waals surface area contributed by atoms with E-state index in [1.54, 1.807) is 39.0 Å². The molecule has 0 saturated carbocycles. The van der Waals surface area contributed by atoms with E-state index in [1.807, 2.05) is 0 Å². The Morgan fingerprint density at radius 3 is 2.31 bits per heavy atom. The quantitative estimate of drug-likeness (QED) is 0.498. The molecule has 158 valence electrons. The summed E-state index contributed by atoms with van der Waals surface area (Å²) in [6.45, 7) is 5.36. The highest BCUT2D eigenvalue weighted by atomic mass is 32.2. The molecule has 3 rings (SSSR count). The fourth-order valence-electron chi connectivity index (χ4n) is 3.85. The smallest absolute Gasteiger partial charge is 0.327 e. The number of amides is 2. The van der Waals surface area contributed by atoms with E-state index in [9.17, 15) is 19.5 Å². The van der Waals surface area contributed by atoms with Crippen LogP contribution in [-0.4, -0.2) is 70.5 Å². The van der Waals surface area contributed by atoms with Gasteiger partial charge in [-0.3, -0.25) is 9.59 Å². The Balaban J connectivity index is 1.98. The van der Waals surface area contributed by atoms with Crippen molar-refractivity contribution in [2.24, 2.45) is 0 Å². The first kappa shape index (κ1) is 21.3. The van der Waals surface area contributed by atoms with Gasteiger partial charge < -0.3 is 29.5 Å². The number of β-lactam (4-membered cyclic amide) rings is 1. The molecule has 2 amide bonds. The van der Waals surface area contributed by atoms with E-state index in [1.165, 1.54) is 30.9 Å². The third kappa shape index (κ3) is 3.10. The Hall–Kier alpha value is -2.46. The second kappa shape index (κ2) is 7.42. The number of carboxylic acids is 1. The van der Waals surface area contributed by atoms with E-state index in [2.05, 4.69) is 5.32 Å². The summed E-state index contributed by atoms with van der Waals surface area (Å²) in [7, 11) is 2.85. The van der Waals surface area contributed by atoms with Crippen LogP contribution in [0, 0.1) is 0 Å². The number of rotatable bonds is 7. The summed E-state index contributed by atoms with van der Waals surface area (Å²) < 4.78 is 15.5. The number of carbonyl (C=O) groups is 3. The molecule has 0 aromatic heterocycles. The fraction of sp³-hybridized carbons (Fsp3) is 0.526. The normalized spacial score (nSPS) is 27.1. The number of methoxy groups -OCH3 is 2. The lowest BCUT2D eigenvalue weighted by Gasteiger charge is -2.52. The third-order valence-corrected chi connectivity index (χ3v) is 6.68. The van der Waals surface area contributed by atoms with Crippen molar-refractivity contribution in [3.63, 3.8) is 0 Å². The van der Waals surface area contributed by atoms with E-state index >= 15 is 0 Å². The van der Waals surface area contributed by atoms with Gasteiger partial charge in [0.1, 0.15) is 28.5 Å². The SMILES string of the molecule is CCO[C@]1(NC(=O)c2c(OC)cccc2OC)C(=O)N2[C@@H](C(=O)O)C(C)(C)S[C@@H]21. The number of carbonyl (C=O) groups excluding carboxylic acids is 2. The maximum atomic E-state index is 13.2. The molecule has 9 nitrogen and oxygen atoms in total. The van der Waals surface area contributed by atoms with Crippen LogP contribution < -0.4 is 14.8 Å². The number of thioether (sulfide) groups is 1. The molecule has 3 atom stereocenters. The number of ether oxygens (including phenoxy) is 3.